The third-order valence-corrected chi connectivity index (χ3v) is 7.54. The molecular weight excluding hydrogens is 410 g/mol. The van der Waals surface area contributed by atoms with Crippen LogP contribution in [0.3, 0.4) is 0 Å². The Morgan fingerprint density at radius 2 is 1.85 bits per heavy atom. The molecule has 1 atom stereocenters. The van der Waals surface area contributed by atoms with Crippen molar-refractivity contribution in [2.75, 3.05) is 40.3 Å². The van der Waals surface area contributed by atoms with Gasteiger partial charge in [0, 0.05) is 56.6 Å². The first kappa shape index (κ1) is 22.1. The van der Waals surface area contributed by atoms with E-state index in [4.69, 9.17) is 5.10 Å². The Bertz CT molecular complexity index is 1140. The predicted molar refractivity (Wildman–Crippen MR) is 133 cm³/mol. The number of aromatic nitrogens is 2. The summed E-state index contributed by atoms with van der Waals surface area (Å²) < 4.78 is 2.07. The van der Waals surface area contributed by atoms with Crippen molar-refractivity contribution >= 4 is 16.7 Å². The number of nitrogens with zero attached hydrogens (tertiary/aromatic N) is 5. The molecule has 2 aliphatic rings. The smallest absolute Gasteiger partial charge is 0.274 e. The van der Waals surface area contributed by atoms with Gasteiger partial charge in [0.2, 0.25) is 0 Å². The minimum Gasteiger partial charge on any atom is -0.335 e. The number of hydrogen-bond donors (Lipinski definition) is 0. The van der Waals surface area contributed by atoms with E-state index in [0.717, 1.165) is 58.5 Å². The number of hydrogen-bond acceptors (Lipinski definition) is 4. The van der Waals surface area contributed by atoms with Crippen LogP contribution in [0, 0.1) is 0 Å². The molecule has 1 unspecified atom stereocenters. The van der Waals surface area contributed by atoms with E-state index in [0.29, 0.717) is 11.7 Å². The average molecular weight is 446 g/mol. The van der Waals surface area contributed by atoms with Gasteiger partial charge in [0.15, 0.2) is 5.69 Å². The van der Waals surface area contributed by atoms with Crippen molar-refractivity contribution in [3.63, 3.8) is 0 Å². The van der Waals surface area contributed by atoms with Crippen molar-refractivity contribution in [2.24, 2.45) is 0 Å². The van der Waals surface area contributed by atoms with Gasteiger partial charge in [-0.3, -0.25) is 14.4 Å². The van der Waals surface area contributed by atoms with Crippen LogP contribution in [-0.2, 0) is 25.9 Å². The SMILES string of the molecule is CCn1nc(C(=O)N2CCN(C)CC2)c2c1CCC(N(C)Cc1cccc3ccccc13)C2. The molecule has 3 aromatic rings. The van der Waals surface area contributed by atoms with Crippen LogP contribution in [-0.4, -0.2) is 76.7 Å². The first-order valence-electron chi connectivity index (χ1n) is 12.3. The maximum absolute atomic E-state index is 13.4. The number of carbonyl (C=O) groups excluding carboxylic acids is 1. The Balaban J connectivity index is 1.37. The van der Waals surface area contributed by atoms with Crippen molar-refractivity contribution < 1.29 is 4.79 Å². The molecule has 0 spiro atoms. The Kier molecular flexibility index (Phi) is 6.21. The number of amides is 1. The minimum absolute atomic E-state index is 0.115. The van der Waals surface area contributed by atoms with Crippen molar-refractivity contribution in [1.82, 2.24) is 24.5 Å². The fraction of sp³-hybridized carbons (Fsp3) is 0.481. The third kappa shape index (κ3) is 4.30. The van der Waals surface area contributed by atoms with Crippen LogP contribution >= 0.6 is 0 Å². The van der Waals surface area contributed by atoms with Crippen LogP contribution in [0.5, 0.6) is 0 Å². The van der Waals surface area contributed by atoms with Gasteiger partial charge in [-0.1, -0.05) is 42.5 Å². The summed E-state index contributed by atoms with van der Waals surface area (Å²) in [6.07, 6.45) is 2.98. The summed E-state index contributed by atoms with van der Waals surface area (Å²) in [6.45, 7) is 7.27. The maximum Gasteiger partial charge on any atom is 0.274 e. The van der Waals surface area contributed by atoms with Crippen molar-refractivity contribution in [3.8, 4) is 0 Å². The van der Waals surface area contributed by atoms with E-state index in [-0.39, 0.29) is 5.91 Å². The lowest BCUT2D eigenvalue weighted by molar-refractivity contribution is 0.0655. The normalized spacial score (nSPS) is 19.3. The zero-order valence-corrected chi connectivity index (χ0v) is 20.1. The molecule has 6 heteroatoms. The molecule has 1 aliphatic heterocycles. The highest BCUT2D eigenvalue weighted by molar-refractivity contribution is 5.94. The minimum atomic E-state index is 0.115. The van der Waals surface area contributed by atoms with Crippen molar-refractivity contribution in [2.45, 2.75) is 45.3 Å². The highest BCUT2D eigenvalue weighted by Gasteiger charge is 2.33. The summed E-state index contributed by atoms with van der Waals surface area (Å²) in [5.41, 5.74) is 4.51. The van der Waals surface area contributed by atoms with Gasteiger partial charge in [0.1, 0.15) is 0 Å². The second kappa shape index (κ2) is 9.27. The predicted octanol–water partition coefficient (Wildman–Crippen LogP) is 3.43. The molecule has 1 aliphatic carbocycles. The van der Waals surface area contributed by atoms with Crippen LogP contribution in [0.15, 0.2) is 42.5 Å². The van der Waals surface area contributed by atoms with E-state index in [2.05, 4.69) is 78.0 Å². The molecule has 0 bridgehead atoms. The van der Waals surface area contributed by atoms with Crippen LogP contribution in [0.4, 0.5) is 0 Å². The zero-order valence-electron chi connectivity index (χ0n) is 20.1. The Morgan fingerprint density at radius 3 is 2.64 bits per heavy atom. The zero-order chi connectivity index (χ0) is 22.9. The molecule has 0 N–H and O–H groups in total. The summed E-state index contributed by atoms with van der Waals surface area (Å²) in [7, 11) is 4.34. The second-order valence-electron chi connectivity index (χ2n) is 9.64. The third-order valence-electron chi connectivity index (χ3n) is 7.54. The molecule has 2 heterocycles. The lowest BCUT2D eigenvalue weighted by Crippen LogP contribution is -2.47. The molecule has 5 rings (SSSR count). The quantitative estimate of drug-likeness (QED) is 0.604. The molecule has 0 radical (unpaired) electrons. The lowest BCUT2D eigenvalue weighted by Gasteiger charge is -2.33. The largest absolute Gasteiger partial charge is 0.335 e. The van der Waals surface area contributed by atoms with Gasteiger partial charge in [-0.15, -0.1) is 0 Å². The number of carbonyl (C=O) groups is 1. The van der Waals surface area contributed by atoms with Crippen LogP contribution in [0.1, 0.15) is 40.7 Å². The van der Waals surface area contributed by atoms with E-state index in [9.17, 15) is 4.79 Å². The number of aryl methyl sites for hydroxylation is 1. The molecule has 1 amide bonds. The van der Waals surface area contributed by atoms with E-state index >= 15 is 0 Å². The second-order valence-corrected chi connectivity index (χ2v) is 9.64. The van der Waals surface area contributed by atoms with E-state index in [1.165, 1.54) is 27.6 Å². The molecule has 6 nitrogen and oxygen atoms in total. The van der Waals surface area contributed by atoms with Gasteiger partial charge in [0.05, 0.1) is 0 Å². The van der Waals surface area contributed by atoms with Crippen LogP contribution < -0.4 is 0 Å². The number of piperazine rings is 1. The number of likely N-dealkylation sites (N-methyl/N-ethyl adjacent to an activating group) is 2. The summed E-state index contributed by atoms with van der Waals surface area (Å²) >= 11 is 0. The van der Waals surface area contributed by atoms with Crippen molar-refractivity contribution in [1.29, 1.82) is 0 Å². The molecule has 2 aromatic carbocycles. The number of benzene rings is 2. The summed E-state index contributed by atoms with van der Waals surface area (Å²) in [5.74, 6) is 0.115. The van der Waals surface area contributed by atoms with Gasteiger partial charge >= 0.3 is 0 Å². The molecule has 0 saturated carbocycles. The molecular formula is C27H35N5O. The number of rotatable bonds is 5. The fourth-order valence-electron chi connectivity index (χ4n) is 5.47. The van der Waals surface area contributed by atoms with Gasteiger partial charge in [-0.25, -0.2) is 0 Å². The molecule has 1 aromatic heterocycles. The summed E-state index contributed by atoms with van der Waals surface area (Å²) in [6, 6.07) is 15.6. The van der Waals surface area contributed by atoms with Crippen LogP contribution in [0.2, 0.25) is 0 Å². The highest BCUT2D eigenvalue weighted by Crippen LogP contribution is 2.29. The van der Waals surface area contributed by atoms with Gasteiger partial charge in [0.25, 0.3) is 5.91 Å². The molecule has 174 valence electrons. The Hall–Kier alpha value is -2.70. The van der Waals surface area contributed by atoms with E-state index in [1.807, 2.05) is 4.90 Å². The molecule has 1 fully saturated rings. The topological polar surface area (TPSA) is 44.6 Å². The maximum atomic E-state index is 13.4. The lowest BCUT2D eigenvalue weighted by atomic mass is 9.89. The van der Waals surface area contributed by atoms with Crippen LogP contribution in [0.25, 0.3) is 10.8 Å². The van der Waals surface area contributed by atoms with E-state index < -0.39 is 0 Å². The van der Waals surface area contributed by atoms with Crippen molar-refractivity contribution in [3.05, 3.63) is 65.0 Å². The highest BCUT2D eigenvalue weighted by atomic mass is 16.2. The standard InChI is InChI=1S/C27H35N5O/c1-4-32-25-13-12-22(30(3)19-21-10-7-9-20-8-5-6-11-23(20)21)18-24(25)26(28-32)27(33)31-16-14-29(2)15-17-31/h5-11,22H,4,12-19H2,1-3H3. The van der Waals surface area contributed by atoms with Gasteiger partial charge in [-0.2, -0.15) is 5.10 Å². The summed E-state index contributed by atoms with van der Waals surface area (Å²) in [5, 5.41) is 7.43. The van der Waals surface area contributed by atoms with Gasteiger partial charge < -0.3 is 9.80 Å². The van der Waals surface area contributed by atoms with Gasteiger partial charge in [-0.05, 0) is 56.6 Å². The Labute approximate surface area is 196 Å². The monoisotopic (exact) mass is 445 g/mol. The summed E-state index contributed by atoms with van der Waals surface area (Å²) in [4.78, 5) is 20.2. The first-order valence-corrected chi connectivity index (χ1v) is 12.3. The molecule has 33 heavy (non-hydrogen) atoms. The molecule has 1 saturated heterocycles. The average Bonchev–Trinajstić information content (AvgIpc) is 3.22. The first-order chi connectivity index (χ1) is 16.0. The fourth-order valence-corrected chi connectivity index (χ4v) is 5.47. The van der Waals surface area contributed by atoms with E-state index in [1.54, 1.807) is 0 Å². The Morgan fingerprint density at radius 1 is 1.09 bits per heavy atom. The number of fused-ring (bicyclic) bond motifs is 2.